The third-order valence-corrected chi connectivity index (χ3v) is 6.26. The maximum absolute atomic E-state index is 12.8. The monoisotopic (exact) mass is 454 g/mol. The van der Waals surface area contributed by atoms with E-state index in [0.717, 1.165) is 79.1 Å². The van der Waals surface area contributed by atoms with Crippen LogP contribution in [-0.2, 0) is 4.79 Å². The van der Waals surface area contributed by atoms with Gasteiger partial charge in [0.15, 0.2) is 5.65 Å². The number of hydrogen-bond acceptors (Lipinski definition) is 5. The molecule has 1 atom stereocenters. The number of imidazole rings is 1. The summed E-state index contributed by atoms with van der Waals surface area (Å²) in [5, 5.41) is 0. The number of fused-ring (bicyclic) bond motifs is 1. The second-order valence-corrected chi connectivity index (χ2v) is 8.75. The van der Waals surface area contributed by atoms with Crippen molar-refractivity contribution in [1.82, 2.24) is 24.8 Å². The lowest BCUT2D eigenvalue weighted by Gasteiger charge is -2.34. The van der Waals surface area contributed by atoms with Crippen molar-refractivity contribution in [2.45, 2.75) is 25.7 Å². The lowest BCUT2D eigenvalue weighted by molar-refractivity contribution is -0.134. The van der Waals surface area contributed by atoms with Crippen molar-refractivity contribution in [2.24, 2.45) is 5.92 Å². The molecule has 0 unspecified atom stereocenters. The Kier molecular flexibility index (Phi) is 4.95. The molecule has 29 heavy (non-hydrogen) atoms. The molecule has 5 heterocycles. The zero-order chi connectivity index (χ0) is 19.8. The molecule has 1 N–H and O–H groups in total. The maximum Gasteiger partial charge on any atom is 0.227 e. The van der Waals surface area contributed by atoms with Crippen LogP contribution in [0.1, 0.15) is 25.7 Å². The van der Waals surface area contributed by atoms with E-state index in [4.69, 9.17) is 4.98 Å². The number of anilines is 1. The SMILES string of the molecule is O=C([C@@H]1CCCN(c2ccc3[nH]c(-c4cncc(Br)c4)nc3n2)C1)N1CCCC1. The summed E-state index contributed by atoms with van der Waals surface area (Å²) in [6, 6.07) is 6.02. The number of halogens is 1. The average molecular weight is 455 g/mol. The van der Waals surface area contributed by atoms with Crippen molar-refractivity contribution < 1.29 is 4.79 Å². The Hall–Kier alpha value is -2.48. The molecule has 2 aliphatic heterocycles. The van der Waals surface area contributed by atoms with Gasteiger partial charge in [0.05, 0.1) is 11.4 Å². The number of carbonyl (C=O) groups is 1. The van der Waals surface area contributed by atoms with E-state index >= 15 is 0 Å². The third-order valence-electron chi connectivity index (χ3n) is 5.82. The number of H-pyrrole nitrogens is 1. The summed E-state index contributed by atoms with van der Waals surface area (Å²) in [7, 11) is 0. The minimum atomic E-state index is 0.0711. The zero-order valence-electron chi connectivity index (χ0n) is 16.1. The van der Waals surface area contributed by atoms with E-state index in [9.17, 15) is 4.79 Å². The Morgan fingerprint density at radius 1 is 1.10 bits per heavy atom. The van der Waals surface area contributed by atoms with Crippen molar-refractivity contribution >= 4 is 38.8 Å². The number of rotatable bonds is 3. The number of nitrogens with zero attached hydrogens (tertiary/aromatic N) is 5. The lowest BCUT2D eigenvalue weighted by Crippen LogP contribution is -2.44. The van der Waals surface area contributed by atoms with Gasteiger partial charge in [0.2, 0.25) is 5.91 Å². The fraction of sp³-hybridized carbons (Fsp3) is 0.429. The van der Waals surface area contributed by atoms with Gasteiger partial charge in [0.25, 0.3) is 0 Å². The maximum atomic E-state index is 12.8. The first-order valence-corrected chi connectivity index (χ1v) is 11.0. The van der Waals surface area contributed by atoms with Gasteiger partial charge in [-0.15, -0.1) is 0 Å². The van der Waals surface area contributed by atoms with E-state index in [0.29, 0.717) is 11.6 Å². The predicted octanol–water partition coefficient (Wildman–Crippen LogP) is 3.62. The molecule has 0 bridgehead atoms. The lowest BCUT2D eigenvalue weighted by atomic mass is 9.96. The first-order valence-electron chi connectivity index (χ1n) is 10.2. The Morgan fingerprint density at radius 2 is 1.97 bits per heavy atom. The largest absolute Gasteiger partial charge is 0.356 e. The molecule has 0 aromatic carbocycles. The number of aromatic amines is 1. The normalized spacial score (nSPS) is 19.8. The van der Waals surface area contributed by atoms with Crippen molar-refractivity contribution in [3.8, 4) is 11.4 Å². The van der Waals surface area contributed by atoms with Crippen LogP contribution in [0.4, 0.5) is 5.82 Å². The highest BCUT2D eigenvalue weighted by Gasteiger charge is 2.31. The van der Waals surface area contributed by atoms with Crippen molar-refractivity contribution in [3.05, 3.63) is 35.1 Å². The predicted molar refractivity (Wildman–Crippen MR) is 116 cm³/mol. The summed E-state index contributed by atoms with van der Waals surface area (Å²) >= 11 is 3.45. The first kappa shape index (κ1) is 18.5. The summed E-state index contributed by atoms with van der Waals surface area (Å²) in [5.41, 5.74) is 2.49. The number of pyridine rings is 2. The number of hydrogen-bond donors (Lipinski definition) is 1. The Labute approximate surface area is 177 Å². The van der Waals surface area contributed by atoms with Crippen LogP contribution in [0.5, 0.6) is 0 Å². The van der Waals surface area contributed by atoms with Crippen LogP contribution in [0.25, 0.3) is 22.6 Å². The molecule has 0 radical (unpaired) electrons. The zero-order valence-corrected chi connectivity index (χ0v) is 17.7. The van der Waals surface area contributed by atoms with E-state index in [1.165, 1.54) is 0 Å². The molecule has 0 saturated carbocycles. The fourth-order valence-electron chi connectivity index (χ4n) is 4.32. The molecule has 3 aromatic heterocycles. The van der Waals surface area contributed by atoms with Crippen LogP contribution < -0.4 is 4.90 Å². The fourth-order valence-corrected chi connectivity index (χ4v) is 4.68. The van der Waals surface area contributed by atoms with E-state index in [1.807, 2.05) is 23.1 Å². The topological polar surface area (TPSA) is 78.0 Å². The smallest absolute Gasteiger partial charge is 0.227 e. The second kappa shape index (κ2) is 7.74. The molecular formula is C21H23BrN6O. The molecule has 150 valence electrons. The van der Waals surface area contributed by atoms with E-state index in [-0.39, 0.29) is 5.92 Å². The summed E-state index contributed by atoms with van der Waals surface area (Å²) in [5.74, 6) is 2.03. The highest BCUT2D eigenvalue weighted by Crippen LogP contribution is 2.27. The van der Waals surface area contributed by atoms with Gasteiger partial charge in [-0.1, -0.05) is 0 Å². The van der Waals surface area contributed by atoms with Gasteiger partial charge in [-0.05, 0) is 59.8 Å². The van der Waals surface area contributed by atoms with Gasteiger partial charge < -0.3 is 14.8 Å². The molecule has 0 aliphatic carbocycles. The standard InChI is InChI=1S/C21H23BrN6O/c22-16-10-15(11-23-12-16)19-24-17-5-6-18(25-20(17)26-19)28-9-3-4-14(13-28)21(29)27-7-1-2-8-27/h5-6,10-12,14H,1-4,7-9,13H2,(H,24,25,26)/t14-/m1/s1. The number of aromatic nitrogens is 4. The van der Waals surface area contributed by atoms with E-state index < -0.39 is 0 Å². The summed E-state index contributed by atoms with van der Waals surface area (Å²) in [6.45, 7) is 3.50. The van der Waals surface area contributed by atoms with Crippen molar-refractivity contribution in [2.75, 3.05) is 31.1 Å². The van der Waals surface area contributed by atoms with Crippen LogP contribution in [-0.4, -0.2) is 56.9 Å². The van der Waals surface area contributed by atoms with Gasteiger partial charge >= 0.3 is 0 Å². The molecule has 5 rings (SSSR count). The number of amides is 1. The van der Waals surface area contributed by atoms with Gasteiger partial charge in [-0.2, -0.15) is 0 Å². The first-order chi connectivity index (χ1) is 14.2. The minimum absolute atomic E-state index is 0.0711. The molecule has 0 spiro atoms. The van der Waals surface area contributed by atoms with Crippen LogP contribution in [0.3, 0.4) is 0 Å². The van der Waals surface area contributed by atoms with Crippen LogP contribution in [0.2, 0.25) is 0 Å². The molecule has 3 aromatic rings. The van der Waals surface area contributed by atoms with Gasteiger partial charge in [0, 0.05) is 48.6 Å². The summed E-state index contributed by atoms with van der Waals surface area (Å²) < 4.78 is 0.908. The molecule has 1 amide bonds. The van der Waals surface area contributed by atoms with Gasteiger partial charge in [-0.3, -0.25) is 9.78 Å². The third kappa shape index (κ3) is 3.73. The van der Waals surface area contributed by atoms with Crippen molar-refractivity contribution in [1.29, 1.82) is 0 Å². The van der Waals surface area contributed by atoms with E-state index in [1.54, 1.807) is 12.4 Å². The quantitative estimate of drug-likeness (QED) is 0.653. The number of nitrogens with one attached hydrogen (secondary N) is 1. The Balaban J connectivity index is 1.37. The van der Waals surface area contributed by atoms with Gasteiger partial charge in [0.1, 0.15) is 11.6 Å². The number of carbonyl (C=O) groups excluding carboxylic acids is 1. The van der Waals surface area contributed by atoms with E-state index in [2.05, 4.69) is 35.8 Å². The second-order valence-electron chi connectivity index (χ2n) is 7.84. The molecule has 8 heteroatoms. The number of piperidine rings is 1. The molecule has 7 nitrogen and oxygen atoms in total. The number of likely N-dealkylation sites (tertiary alicyclic amines) is 1. The van der Waals surface area contributed by atoms with Crippen molar-refractivity contribution in [3.63, 3.8) is 0 Å². The average Bonchev–Trinajstić information content (AvgIpc) is 3.43. The highest BCUT2D eigenvalue weighted by molar-refractivity contribution is 9.10. The Bertz CT molecular complexity index is 1040. The molecular weight excluding hydrogens is 432 g/mol. The van der Waals surface area contributed by atoms with Crippen LogP contribution >= 0.6 is 15.9 Å². The molecule has 2 aliphatic rings. The Morgan fingerprint density at radius 3 is 2.79 bits per heavy atom. The summed E-state index contributed by atoms with van der Waals surface area (Å²) in [6.07, 6.45) is 7.78. The highest BCUT2D eigenvalue weighted by atomic mass is 79.9. The summed E-state index contributed by atoms with van der Waals surface area (Å²) in [4.78, 5) is 34.1. The van der Waals surface area contributed by atoms with Crippen LogP contribution in [0, 0.1) is 5.92 Å². The van der Waals surface area contributed by atoms with Crippen LogP contribution in [0.15, 0.2) is 35.1 Å². The molecule has 2 saturated heterocycles. The minimum Gasteiger partial charge on any atom is -0.356 e. The van der Waals surface area contributed by atoms with Gasteiger partial charge in [-0.25, -0.2) is 9.97 Å². The molecule has 2 fully saturated rings.